The number of carbonyl (C=O) groups is 1. The molecule has 1 amide bonds. The van der Waals surface area contributed by atoms with E-state index in [9.17, 15) is 4.79 Å². The molecule has 1 aliphatic heterocycles. The molecular formula is C22H29ClN3O+. The van der Waals surface area contributed by atoms with Gasteiger partial charge in [-0.05, 0) is 36.1 Å². The first-order valence-corrected chi connectivity index (χ1v) is 10.2. The first-order chi connectivity index (χ1) is 13.1. The summed E-state index contributed by atoms with van der Waals surface area (Å²) in [5, 5.41) is 3.98. The molecule has 1 saturated heterocycles. The molecule has 5 heteroatoms. The third kappa shape index (κ3) is 4.82. The van der Waals surface area contributed by atoms with Gasteiger partial charge in [0, 0.05) is 5.69 Å². The number of quaternary nitrogens is 1. The largest absolute Gasteiger partial charge is 0.359 e. The van der Waals surface area contributed by atoms with Gasteiger partial charge in [-0.15, -0.1) is 0 Å². The number of piperazine rings is 1. The lowest BCUT2D eigenvalue weighted by Gasteiger charge is -2.33. The van der Waals surface area contributed by atoms with Crippen LogP contribution in [0.2, 0.25) is 5.02 Å². The van der Waals surface area contributed by atoms with Crippen molar-refractivity contribution in [2.75, 3.05) is 42.9 Å². The van der Waals surface area contributed by atoms with Crippen LogP contribution < -0.4 is 15.1 Å². The number of amides is 1. The predicted octanol–water partition coefficient (Wildman–Crippen LogP) is 2.81. The summed E-state index contributed by atoms with van der Waals surface area (Å²) in [6, 6.07) is 14.2. The van der Waals surface area contributed by atoms with Crippen LogP contribution in [0.25, 0.3) is 0 Å². The number of halogens is 1. The van der Waals surface area contributed by atoms with E-state index in [4.69, 9.17) is 11.6 Å². The van der Waals surface area contributed by atoms with Crippen LogP contribution in [0.5, 0.6) is 0 Å². The van der Waals surface area contributed by atoms with Crippen LogP contribution in [-0.2, 0) is 17.6 Å². The first kappa shape index (κ1) is 19.7. The van der Waals surface area contributed by atoms with Crippen LogP contribution in [0.4, 0.5) is 11.4 Å². The molecule has 0 aliphatic carbocycles. The van der Waals surface area contributed by atoms with E-state index in [1.165, 1.54) is 16.0 Å². The van der Waals surface area contributed by atoms with E-state index in [-0.39, 0.29) is 5.91 Å². The summed E-state index contributed by atoms with van der Waals surface area (Å²) in [7, 11) is 0. The number of carbonyl (C=O) groups excluding carboxylic acids is 1. The quantitative estimate of drug-likeness (QED) is 0.801. The second kappa shape index (κ2) is 9.25. The minimum atomic E-state index is 0.104. The highest BCUT2D eigenvalue weighted by Gasteiger charge is 2.23. The van der Waals surface area contributed by atoms with Gasteiger partial charge in [0.05, 0.1) is 36.9 Å². The fraction of sp³-hybridized carbons (Fsp3) is 0.409. The summed E-state index contributed by atoms with van der Waals surface area (Å²) >= 11 is 6.31. The molecule has 0 saturated carbocycles. The number of nitrogens with zero attached hydrogens (tertiary/aromatic N) is 1. The number of hydrogen-bond acceptors (Lipinski definition) is 2. The molecule has 1 fully saturated rings. The van der Waals surface area contributed by atoms with E-state index < -0.39 is 0 Å². The lowest BCUT2D eigenvalue weighted by atomic mass is 10.0. The standard InChI is InChI=1S/C22H28ClN3O/c1-3-17-8-7-9-18(4-2)22(17)24-21(27)16-25-12-14-26(15-13-25)20-11-6-5-10-19(20)23/h5-11H,3-4,12-16H2,1-2H3,(H,24,27)/p+1. The molecule has 144 valence electrons. The van der Waals surface area contributed by atoms with Crippen molar-refractivity contribution in [3.63, 3.8) is 0 Å². The predicted molar refractivity (Wildman–Crippen MR) is 113 cm³/mol. The molecule has 0 radical (unpaired) electrons. The van der Waals surface area contributed by atoms with Crippen molar-refractivity contribution in [3.8, 4) is 0 Å². The van der Waals surface area contributed by atoms with Crippen LogP contribution in [0.1, 0.15) is 25.0 Å². The average Bonchev–Trinajstić information content (AvgIpc) is 2.69. The number of rotatable bonds is 6. The maximum Gasteiger partial charge on any atom is 0.279 e. The molecule has 0 unspecified atom stereocenters. The number of para-hydroxylation sites is 2. The van der Waals surface area contributed by atoms with Gasteiger partial charge < -0.3 is 15.1 Å². The fourth-order valence-corrected chi connectivity index (χ4v) is 4.02. The highest BCUT2D eigenvalue weighted by Crippen LogP contribution is 2.25. The van der Waals surface area contributed by atoms with Crippen molar-refractivity contribution in [1.29, 1.82) is 0 Å². The summed E-state index contributed by atoms with van der Waals surface area (Å²) in [5.74, 6) is 0.104. The molecule has 0 aromatic heterocycles. The maximum atomic E-state index is 12.7. The monoisotopic (exact) mass is 386 g/mol. The van der Waals surface area contributed by atoms with E-state index in [0.29, 0.717) is 6.54 Å². The molecule has 3 rings (SSSR count). The van der Waals surface area contributed by atoms with Crippen molar-refractivity contribution in [1.82, 2.24) is 0 Å². The second-order valence-corrected chi connectivity index (χ2v) is 7.48. The van der Waals surface area contributed by atoms with Crippen molar-refractivity contribution in [2.24, 2.45) is 0 Å². The Labute approximate surface area is 167 Å². The van der Waals surface area contributed by atoms with Gasteiger partial charge in [0.2, 0.25) is 0 Å². The topological polar surface area (TPSA) is 36.8 Å². The van der Waals surface area contributed by atoms with Crippen molar-refractivity contribution >= 4 is 28.9 Å². The third-order valence-corrected chi connectivity index (χ3v) is 5.66. The van der Waals surface area contributed by atoms with Gasteiger partial charge in [0.1, 0.15) is 0 Å². The van der Waals surface area contributed by atoms with Crippen molar-refractivity contribution in [3.05, 3.63) is 58.6 Å². The van der Waals surface area contributed by atoms with E-state index in [2.05, 4.69) is 48.3 Å². The van der Waals surface area contributed by atoms with Crippen LogP contribution in [0.15, 0.2) is 42.5 Å². The lowest BCUT2D eigenvalue weighted by molar-refractivity contribution is -0.892. The molecule has 27 heavy (non-hydrogen) atoms. The molecule has 0 bridgehead atoms. The normalized spacial score (nSPS) is 15.0. The number of nitrogens with one attached hydrogen (secondary N) is 2. The Morgan fingerprint density at radius 3 is 2.26 bits per heavy atom. The van der Waals surface area contributed by atoms with Crippen LogP contribution >= 0.6 is 11.6 Å². The number of hydrogen-bond donors (Lipinski definition) is 2. The van der Waals surface area contributed by atoms with Gasteiger partial charge >= 0.3 is 0 Å². The Morgan fingerprint density at radius 2 is 1.67 bits per heavy atom. The van der Waals surface area contributed by atoms with Crippen molar-refractivity contribution in [2.45, 2.75) is 26.7 Å². The van der Waals surface area contributed by atoms with Crippen LogP contribution in [0, 0.1) is 0 Å². The van der Waals surface area contributed by atoms with Crippen LogP contribution in [0.3, 0.4) is 0 Å². The number of aryl methyl sites for hydroxylation is 2. The molecule has 2 aromatic rings. The van der Waals surface area contributed by atoms with Gasteiger partial charge in [-0.2, -0.15) is 0 Å². The van der Waals surface area contributed by atoms with E-state index >= 15 is 0 Å². The summed E-state index contributed by atoms with van der Waals surface area (Å²) in [6.45, 7) is 8.48. The SMILES string of the molecule is CCc1cccc(CC)c1NC(=O)C[NH+]1CCN(c2ccccc2Cl)CC1. The van der Waals surface area contributed by atoms with Gasteiger partial charge in [-0.25, -0.2) is 0 Å². The van der Waals surface area contributed by atoms with Gasteiger partial charge in [0.15, 0.2) is 6.54 Å². The smallest absolute Gasteiger partial charge is 0.279 e. The molecule has 2 aromatic carbocycles. The highest BCUT2D eigenvalue weighted by atomic mass is 35.5. The van der Waals surface area contributed by atoms with E-state index in [0.717, 1.165) is 55.4 Å². The third-order valence-electron chi connectivity index (χ3n) is 5.34. The molecule has 4 nitrogen and oxygen atoms in total. The number of benzene rings is 2. The Bertz CT molecular complexity index is 763. The Morgan fingerprint density at radius 1 is 1.04 bits per heavy atom. The number of anilines is 2. The minimum Gasteiger partial charge on any atom is -0.359 e. The summed E-state index contributed by atoms with van der Waals surface area (Å²) in [6.07, 6.45) is 1.85. The Balaban J connectivity index is 1.57. The molecule has 2 N–H and O–H groups in total. The molecular weight excluding hydrogens is 358 g/mol. The Kier molecular flexibility index (Phi) is 6.75. The molecule has 0 spiro atoms. The maximum absolute atomic E-state index is 12.7. The summed E-state index contributed by atoms with van der Waals surface area (Å²) in [4.78, 5) is 16.3. The van der Waals surface area contributed by atoms with Gasteiger partial charge in [-0.3, -0.25) is 4.79 Å². The zero-order chi connectivity index (χ0) is 19.2. The first-order valence-electron chi connectivity index (χ1n) is 9.86. The fourth-order valence-electron chi connectivity index (χ4n) is 3.76. The molecule has 0 atom stereocenters. The molecule has 1 aliphatic rings. The minimum absolute atomic E-state index is 0.104. The van der Waals surface area contributed by atoms with E-state index in [1.807, 2.05) is 18.2 Å². The Hall–Kier alpha value is -2.04. The summed E-state index contributed by atoms with van der Waals surface area (Å²) < 4.78 is 0. The average molecular weight is 387 g/mol. The zero-order valence-corrected chi connectivity index (χ0v) is 17.0. The highest BCUT2D eigenvalue weighted by molar-refractivity contribution is 6.33. The van der Waals surface area contributed by atoms with Crippen molar-refractivity contribution < 1.29 is 9.69 Å². The van der Waals surface area contributed by atoms with E-state index in [1.54, 1.807) is 0 Å². The molecule has 1 heterocycles. The lowest BCUT2D eigenvalue weighted by Crippen LogP contribution is -3.15. The summed E-state index contributed by atoms with van der Waals surface area (Å²) in [5.41, 5.74) is 4.52. The van der Waals surface area contributed by atoms with Gasteiger partial charge in [0.25, 0.3) is 5.91 Å². The van der Waals surface area contributed by atoms with Crippen LogP contribution in [-0.4, -0.2) is 38.6 Å². The zero-order valence-electron chi connectivity index (χ0n) is 16.2. The second-order valence-electron chi connectivity index (χ2n) is 7.07. The van der Waals surface area contributed by atoms with Gasteiger partial charge in [-0.1, -0.05) is 55.8 Å².